The molecule has 3 heterocycles. The van der Waals surface area contributed by atoms with Crippen molar-refractivity contribution >= 4 is 29.3 Å². The summed E-state index contributed by atoms with van der Waals surface area (Å²) in [5, 5.41) is 2.86. The van der Waals surface area contributed by atoms with Crippen molar-refractivity contribution in [3.63, 3.8) is 0 Å². The standard InChI is InChI=1S/C24H33N5O5/c1-15(2)13-18(26-22(31)16-3-5-17(25)6-4-16)23(32)28-8-7-19-21(28)20(30)14-29(19)24(33)27-9-11-34-12-10-27/h3-6,15,18-19,21H,7-14,25H2,1-2H3,(H,26,31). The molecule has 4 rings (SSSR count). The van der Waals surface area contributed by atoms with Crippen LogP contribution in [-0.4, -0.2) is 95.8 Å². The first kappa shape index (κ1) is 24.0. The van der Waals surface area contributed by atoms with Crippen molar-refractivity contribution in [1.29, 1.82) is 0 Å². The van der Waals surface area contributed by atoms with E-state index < -0.39 is 12.1 Å². The van der Waals surface area contributed by atoms with Crippen LogP contribution in [0.4, 0.5) is 10.5 Å². The fraction of sp³-hybridized carbons (Fsp3) is 0.583. The van der Waals surface area contributed by atoms with Crippen molar-refractivity contribution < 1.29 is 23.9 Å². The summed E-state index contributed by atoms with van der Waals surface area (Å²) in [6.07, 6.45) is 0.983. The van der Waals surface area contributed by atoms with Crippen LogP contribution in [0.1, 0.15) is 37.0 Å². The molecule has 0 aliphatic carbocycles. The number of Topliss-reactive ketones (excluding diaryl/α,β-unsaturated/α-hetero) is 1. The van der Waals surface area contributed by atoms with Gasteiger partial charge in [0, 0.05) is 30.9 Å². The molecular formula is C24H33N5O5. The number of hydrogen-bond acceptors (Lipinski definition) is 6. The van der Waals surface area contributed by atoms with Crippen molar-refractivity contribution in [3.8, 4) is 0 Å². The number of urea groups is 1. The lowest BCUT2D eigenvalue weighted by molar-refractivity contribution is -0.138. The lowest BCUT2D eigenvalue weighted by atomic mass is 10.0. The molecule has 3 unspecified atom stereocenters. The Balaban J connectivity index is 1.47. The predicted molar refractivity (Wildman–Crippen MR) is 125 cm³/mol. The Morgan fingerprint density at radius 2 is 1.76 bits per heavy atom. The Kier molecular flexibility index (Phi) is 7.06. The first-order valence-corrected chi connectivity index (χ1v) is 11.9. The first-order valence-electron chi connectivity index (χ1n) is 11.9. The summed E-state index contributed by atoms with van der Waals surface area (Å²) in [6.45, 7) is 6.29. The Bertz CT molecular complexity index is 944. The average Bonchev–Trinajstić information content (AvgIpc) is 3.39. The Labute approximate surface area is 199 Å². The average molecular weight is 472 g/mol. The smallest absolute Gasteiger partial charge is 0.320 e. The molecule has 3 aliphatic rings. The van der Waals surface area contributed by atoms with E-state index in [2.05, 4.69) is 5.32 Å². The minimum absolute atomic E-state index is 0.00193. The zero-order valence-electron chi connectivity index (χ0n) is 19.7. The molecule has 3 aliphatic heterocycles. The maximum atomic E-state index is 13.6. The van der Waals surface area contributed by atoms with Crippen molar-refractivity contribution in [2.75, 3.05) is 45.1 Å². The number of amides is 4. The summed E-state index contributed by atoms with van der Waals surface area (Å²) in [5.74, 6) is -0.626. The SMILES string of the molecule is CC(C)CC(NC(=O)c1ccc(N)cc1)C(=O)N1CCC2C1C(=O)CN2C(=O)N1CCOCC1. The summed E-state index contributed by atoms with van der Waals surface area (Å²) in [7, 11) is 0. The number of anilines is 1. The number of nitrogens with two attached hydrogens (primary N) is 1. The molecule has 3 fully saturated rings. The molecule has 1 aromatic rings. The van der Waals surface area contributed by atoms with Gasteiger partial charge in [0.05, 0.1) is 25.8 Å². The second-order valence-corrected chi connectivity index (χ2v) is 9.59. The van der Waals surface area contributed by atoms with Gasteiger partial charge in [-0.05, 0) is 43.0 Å². The minimum Gasteiger partial charge on any atom is -0.399 e. The van der Waals surface area contributed by atoms with E-state index in [0.29, 0.717) is 56.9 Å². The van der Waals surface area contributed by atoms with Crippen LogP contribution >= 0.6 is 0 Å². The molecule has 0 saturated carbocycles. The van der Waals surface area contributed by atoms with Gasteiger partial charge in [-0.25, -0.2) is 4.79 Å². The van der Waals surface area contributed by atoms with Gasteiger partial charge in [-0.2, -0.15) is 0 Å². The molecule has 10 nitrogen and oxygen atoms in total. The minimum atomic E-state index is -0.763. The van der Waals surface area contributed by atoms with E-state index in [9.17, 15) is 19.2 Å². The highest BCUT2D eigenvalue weighted by atomic mass is 16.5. The summed E-state index contributed by atoms with van der Waals surface area (Å²) >= 11 is 0. The molecular weight excluding hydrogens is 438 g/mol. The van der Waals surface area contributed by atoms with Crippen LogP contribution in [0.15, 0.2) is 24.3 Å². The molecule has 10 heteroatoms. The van der Waals surface area contributed by atoms with Gasteiger partial charge in [0.15, 0.2) is 5.78 Å². The quantitative estimate of drug-likeness (QED) is 0.610. The normalized spacial score (nSPS) is 23.3. The number of ether oxygens (including phenoxy) is 1. The molecule has 184 valence electrons. The summed E-state index contributed by atoms with van der Waals surface area (Å²) in [6, 6.07) is 4.56. The molecule has 0 aromatic heterocycles. The number of rotatable bonds is 5. The van der Waals surface area contributed by atoms with E-state index in [1.807, 2.05) is 13.8 Å². The van der Waals surface area contributed by atoms with E-state index in [0.717, 1.165) is 0 Å². The number of nitrogens with zero attached hydrogens (tertiary/aromatic N) is 3. The highest BCUT2D eigenvalue weighted by Gasteiger charge is 2.52. The highest BCUT2D eigenvalue weighted by Crippen LogP contribution is 2.31. The monoisotopic (exact) mass is 471 g/mol. The summed E-state index contributed by atoms with van der Waals surface area (Å²) in [5.41, 5.74) is 6.66. The van der Waals surface area contributed by atoms with Crippen LogP contribution in [0.25, 0.3) is 0 Å². The van der Waals surface area contributed by atoms with Crippen molar-refractivity contribution in [3.05, 3.63) is 29.8 Å². The fourth-order valence-electron chi connectivity index (χ4n) is 5.03. The van der Waals surface area contributed by atoms with Crippen molar-refractivity contribution in [2.45, 2.75) is 44.8 Å². The topological polar surface area (TPSA) is 125 Å². The van der Waals surface area contributed by atoms with Crippen LogP contribution < -0.4 is 11.1 Å². The van der Waals surface area contributed by atoms with Crippen LogP contribution in [0.3, 0.4) is 0 Å². The number of benzene rings is 1. The maximum absolute atomic E-state index is 13.6. The number of carbonyl (C=O) groups is 4. The third kappa shape index (κ3) is 4.86. The number of carbonyl (C=O) groups excluding carboxylic acids is 4. The number of fused-ring (bicyclic) bond motifs is 1. The first-order chi connectivity index (χ1) is 16.3. The molecule has 0 bridgehead atoms. The van der Waals surface area contributed by atoms with E-state index in [1.54, 1.807) is 39.0 Å². The highest BCUT2D eigenvalue weighted by molar-refractivity contribution is 6.00. The number of morpholine rings is 1. The van der Waals surface area contributed by atoms with Gasteiger partial charge in [-0.15, -0.1) is 0 Å². The Hall–Kier alpha value is -3.14. The van der Waals surface area contributed by atoms with Crippen molar-refractivity contribution in [2.24, 2.45) is 5.92 Å². The van der Waals surface area contributed by atoms with Crippen LogP contribution in [0.5, 0.6) is 0 Å². The van der Waals surface area contributed by atoms with E-state index in [-0.39, 0.29) is 42.1 Å². The van der Waals surface area contributed by atoms with Gasteiger partial charge in [-0.1, -0.05) is 13.8 Å². The van der Waals surface area contributed by atoms with Crippen LogP contribution in [0, 0.1) is 5.92 Å². The number of nitrogens with one attached hydrogen (secondary N) is 1. The zero-order chi connectivity index (χ0) is 24.4. The third-order valence-corrected chi connectivity index (χ3v) is 6.72. The Morgan fingerprint density at radius 3 is 2.41 bits per heavy atom. The largest absolute Gasteiger partial charge is 0.399 e. The molecule has 0 radical (unpaired) electrons. The predicted octanol–water partition coefficient (Wildman–Crippen LogP) is 0.720. The van der Waals surface area contributed by atoms with Crippen LogP contribution in [0.2, 0.25) is 0 Å². The van der Waals surface area contributed by atoms with Gasteiger partial charge in [-0.3, -0.25) is 14.4 Å². The lowest BCUT2D eigenvalue weighted by Crippen LogP contribution is -2.53. The van der Waals surface area contributed by atoms with E-state index in [4.69, 9.17) is 10.5 Å². The maximum Gasteiger partial charge on any atom is 0.320 e. The van der Waals surface area contributed by atoms with Crippen LogP contribution in [-0.2, 0) is 14.3 Å². The fourth-order valence-corrected chi connectivity index (χ4v) is 5.03. The van der Waals surface area contributed by atoms with E-state index >= 15 is 0 Å². The van der Waals surface area contributed by atoms with Gasteiger partial charge in [0.2, 0.25) is 5.91 Å². The molecule has 3 atom stereocenters. The second-order valence-electron chi connectivity index (χ2n) is 9.59. The van der Waals surface area contributed by atoms with Gasteiger partial charge in [0.1, 0.15) is 12.1 Å². The van der Waals surface area contributed by atoms with Crippen molar-refractivity contribution in [1.82, 2.24) is 20.0 Å². The van der Waals surface area contributed by atoms with Gasteiger partial charge in [0.25, 0.3) is 5.91 Å². The second kappa shape index (κ2) is 10.0. The molecule has 3 N–H and O–H groups in total. The summed E-state index contributed by atoms with van der Waals surface area (Å²) in [4.78, 5) is 57.3. The molecule has 3 saturated heterocycles. The lowest BCUT2D eigenvalue weighted by Gasteiger charge is -2.33. The molecule has 0 spiro atoms. The zero-order valence-corrected chi connectivity index (χ0v) is 19.7. The molecule has 34 heavy (non-hydrogen) atoms. The third-order valence-electron chi connectivity index (χ3n) is 6.72. The number of likely N-dealkylation sites (tertiary alicyclic amines) is 2. The molecule has 4 amide bonds. The number of nitrogen functional groups attached to an aromatic ring is 1. The number of hydrogen-bond donors (Lipinski definition) is 2. The van der Waals surface area contributed by atoms with Gasteiger partial charge >= 0.3 is 6.03 Å². The van der Waals surface area contributed by atoms with Gasteiger partial charge < -0.3 is 30.5 Å². The Morgan fingerprint density at radius 1 is 1.09 bits per heavy atom. The molecule has 1 aromatic carbocycles. The number of ketones is 1. The van der Waals surface area contributed by atoms with E-state index in [1.165, 1.54) is 0 Å². The summed E-state index contributed by atoms with van der Waals surface area (Å²) < 4.78 is 5.32.